The van der Waals surface area contributed by atoms with Crippen LogP contribution in [0.2, 0.25) is 0 Å². The lowest BCUT2D eigenvalue weighted by Crippen LogP contribution is -2.44. The van der Waals surface area contributed by atoms with Crippen molar-refractivity contribution in [3.05, 3.63) is 154 Å². The molecule has 0 saturated carbocycles. The first-order chi connectivity index (χ1) is 25.6. The summed E-state index contributed by atoms with van der Waals surface area (Å²) in [5.41, 5.74) is 5.43. The van der Waals surface area contributed by atoms with E-state index in [4.69, 9.17) is 9.47 Å². The molecule has 0 aliphatic carbocycles. The highest BCUT2D eigenvalue weighted by Crippen LogP contribution is 2.41. The molecule has 0 bridgehead atoms. The molecule has 1 unspecified atom stereocenters. The zero-order valence-corrected chi connectivity index (χ0v) is 31.8. The fourth-order valence-corrected chi connectivity index (χ4v) is 8.68. The molecule has 1 N–H and O–H groups in total. The molecule has 1 atom stereocenters. The number of sulfonamides is 1. The minimum absolute atomic E-state index is 0.00818. The third kappa shape index (κ3) is 9.47. The van der Waals surface area contributed by atoms with Gasteiger partial charge in [0.05, 0.1) is 31.7 Å². The van der Waals surface area contributed by atoms with Crippen molar-refractivity contribution >= 4 is 27.7 Å². The van der Waals surface area contributed by atoms with Gasteiger partial charge in [0.1, 0.15) is 5.82 Å². The molecule has 8 nitrogen and oxygen atoms in total. The van der Waals surface area contributed by atoms with E-state index in [-0.39, 0.29) is 23.3 Å². The maximum absolute atomic E-state index is 14.9. The number of hydrogen-bond acceptors (Lipinski definition) is 8. The number of carbonyl (C=O) groups is 1. The van der Waals surface area contributed by atoms with Crippen molar-refractivity contribution in [1.29, 1.82) is 0 Å². The lowest BCUT2D eigenvalue weighted by atomic mass is 9.87. The second-order valence-electron chi connectivity index (χ2n) is 13.0. The topological polar surface area (TPSA) is 88.2 Å². The molecular formula is C42H44FN3O5S2. The average molecular weight is 754 g/mol. The number of nitrogens with zero attached hydrogens (tertiary/aromatic N) is 2. The van der Waals surface area contributed by atoms with Crippen molar-refractivity contribution in [3.63, 3.8) is 0 Å². The monoisotopic (exact) mass is 753 g/mol. The van der Waals surface area contributed by atoms with Crippen molar-refractivity contribution in [2.75, 3.05) is 39.6 Å². The van der Waals surface area contributed by atoms with E-state index in [0.717, 1.165) is 38.5 Å². The van der Waals surface area contributed by atoms with E-state index < -0.39 is 15.9 Å². The molecule has 0 fully saturated rings. The summed E-state index contributed by atoms with van der Waals surface area (Å²) in [6, 6.07) is 35.2. The summed E-state index contributed by atoms with van der Waals surface area (Å²) in [4.78, 5) is 18.7. The molecule has 276 valence electrons. The predicted octanol–water partition coefficient (Wildman–Crippen LogP) is 7.40. The van der Waals surface area contributed by atoms with Gasteiger partial charge in [-0.3, -0.25) is 14.6 Å². The number of thioether (sulfide) groups is 1. The van der Waals surface area contributed by atoms with Crippen molar-refractivity contribution in [2.45, 2.75) is 42.3 Å². The molecule has 11 heteroatoms. The molecule has 1 amide bonds. The summed E-state index contributed by atoms with van der Waals surface area (Å²) in [5, 5.41) is 0. The van der Waals surface area contributed by atoms with E-state index in [0.29, 0.717) is 49.7 Å². The van der Waals surface area contributed by atoms with Crippen LogP contribution in [-0.4, -0.2) is 63.7 Å². The van der Waals surface area contributed by atoms with E-state index in [1.807, 2.05) is 78.6 Å². The van der Waals surface area contributed by atoms with Gasteiger partial charge in [0.2, 0.25) is 5.91 Å². The van der Waals surface area contributed by atoms with Gasteiger partial charge in [-0.2, -0.15) is 0 Å². The van der Waals surface area contributed by atoms with Crippen LogP contribution in [0.4, 0.5) is 4.39 Å². The third-order valence-corrected chi connectivity index (χ3v) is 11.9. The highest BCUT2D eigenvalue weighted by Gasteiger charge is 2.32. The summed E-state index contributed by atoms with van der Waals surface area (Å²) < 4.78 is 55.2. The molecule has 5 aromatic rings. The molecule has 0 spiro atoms. The number of rotatable bonds is 15. The van der Waals surface area contributed by atoms with Crippen molar-refractivity contribution in [2.24, 2.45) is 0 Å². The Morgan fingerprint density at radius 3 is 2.25 bits per heavy atom. The van der Waals surface area contributed by atoms with Gasteiger partial charge in [-0.15, -0.1) is 11.8 Å². The molecule has 6 rings (SSSR count). The Balaban J connectivity index is 1.14. The molecule has 0 aromatic heterocycles. The number of amides is 1. The Kier molecular flexibility index (Phi) is 12.5. The quantitative estimate of drug-likeness (QED) is 0.111. The smallest absolute Gasteiger partial charge is 0.264 e. The third-order valence-electron chi connectivity index (χ3n) is 9.48. The number of aryl methyl sites for hydroxylation is 1. The van der Waals surface area contributed by atoms with Gasteiger partial charge in [-0.25, -0.2) is 17.5 Å². The van der Waals surface area contributed by atoms with Gasteiger partial charge < -0.3 is 9.47 Å². The number of nitrogens with one attached hydrogen (secondary N) is 1. The number of ether oxygens (including phenoxy) is 2. The van der Waals surface area contributed by atoms with E-state index in [1.54, 1.807) is 44.2 Å². The maximum Gasteiger partial charge on any atom is 0.264 e. The van der Waals surface area contributed by atoms with Gasteiger partial charge in [-0.1, -0.05) is 72.8 Å². The van der Waals surface area contributed by atoms with E-state index in [2.05, 4.69) is 21.8 Å². The van der Waals surface area contributed by atoms with Gasteiger partial charge in [0.25, 0.3) is 10.0 Å². The van der Waals surface area contributed by atoms with Crippen LogP contribution in [0, 0.1) is 12.7 Å². The Bertz CT molecular complexity index is 2100. The fraction of sp³-hybridized carbons (Fsp3) is 0.262. The molecule has 5 aromatic carbocycles. The van der Waals surface area contributed by atoms with Crippen LogP contribution in [-0.2, 0) is 34.3 Å². The second-order valence-corrected chi connectivity index (χ2v) is 15.9. The number of hydrogen-bond donors (Lipinski definition) is 1. The molecule has 0 radical (unpaired) electrons. The van der Waals surface area contributed by atoms with Crippen LogP contribution in [0.3, 0.4) is 0 Å². The second kappa shape index (κ2) is 17.4. The van der Waals surface area contributed by atoms with Crippen molar-refractivity contribution in [3.8, 4) is 11.5 Å². The Hall–Kier alpha value is -4.68. The average Bonchev–Trinajstić information content (AvgIpc) is 3.16. The van der Waals surface area contributed by atoms with Crippen LogP contribution in [0.15, 0.2) is 125 Å². The summed E-state index contributed by atoms with van der Waals surface area (Å²) in [6.07, 6.45) is 0.652. The minimum Gasteiger partial charge on any atom is -0.493 e. The van der Waals surface area contributed by atoms with E-state index in [1.165, 1.54) is 18.2 Å². The standard InChI is InChI=1S/C42H44FN3O5S2/c1-30-11-10-16-38(43)37(30)28-45(23-24-52-34-14-8-5-9-15-34)27-31-17-19-35(20-18-31)53(48,49)44-41(47)29-46-22-21-33-25-39(50-2)40(51-3)26-36(33)42(46)32-12-6-4-7-13-32/h4-20,25-26,42H,21-24,27-29H2,1-3H3,(H,44,47). The Morgan fingerprint density at radius 2 is 1.57 bits per heavy atom. The maximum atomic E-state index is 14.9. The summed E-state index contributed by atoms with van der Waals surface area (Å²) >= 11 is 1.73. The Labute approximate surface area is 316 Å². The number of benzene rings is 5. The van der Waals surface area contributed by atoms with E-state index >= 15 is 0 Å². The zero-order valence-electron chi connectivity index (χ0n) is 30.1. The van der Waals surface area contributed by atoms with Crippen molar-refractivity contribution < 1.29 is 27.1 Å². The highest BCUT2D eigenvalue weighted by atomic mass is 32.2. The minimum atomic E-state index is -4.15. The first-order valence-corrected chi connectivity index (χ1v) is 19.9. The number of methoxy groups -OCH3 is 2. The normalized spacial score (nSPS) is 14.5. The van der Waals surface area contributed by atoms with Crippen LogP contribution < -0.4 is 14.2 Å². The van der Waals surface area contributed by atoms with Gasteiger partial charge in [0.15, 0.2) is 11.5 Å². The number of halogens is 1. The molecule has 1 aliphatic heterocycles. The van der Waals surface area contributed by atoms with Gasteiger partial charge in [0, 0.05) is 42.4 Å². The van der Waals surface area contributed by atoms with E-state index in [9.17, 15) is 17.6 Å². The SMILES string of the molecule is COc1cc2c(cc1OC)C(c1ccccc1)N(CC(=O)NS(=O)(=O)c1ccc(CN(CCSc3ccccc3)Cc3c(C)cccc3F)cc1)CC2. The molecular weight excluding hydrogens is 710 g/mol. The van der Waals surface area contributed by atoms with Crippen LogP contribution in [0.1, 0.15) is 39.4 Å². The Morgan fingerprint density at radius 1 is 0.887 bits per heavy atom. The van der Waals surface area contributed by atoms with Gasteiger partial charge in [-0.05, 0) is 83.6 Å². The fourth-order valence-electron chi connectivity index (χ4n) is 6.77. The van der Waals surface area contributed by atoms with Crippen LogP contribution in [0.5, 0.6) is 11.5 Å². The van der Waals surface area contributed by atoms with Crippen LogP contribution in [0.25, 0.3) is 0 Å². The molecule has 1 aliphatic rings. The zero-order chi connectivity index (χ0) is 37.4. The first kappa shape index (κ1) is 38.1. The summed E-state index contributed by atoms with van der Waals surface area (Å²) in [5.74, 6) is 1.15. The lowest BCUT2D eigenvalue weighted by molar-refractivity contribution is -0.121. The first-order valence-electron chi connectivity index (χ1n) is 17.5. The van der Waals surface area contributed by atoms with Gasteiger partial charge >= 0.3 is 0 Å². The van der Waals surface area contributed by atoms with Crippen LogP contribution >= 0.6 is 11.8 Å². The molecule has 0 saturated heterocycles. The molecule has 53 heavy (non-hydrogen) atoms. The highest BCUT2D eigenvalue weighted by molar-refractivity contribution is 7.99. The summed E-state index contributed by atoms with van der Waals surface area (Å²) in [6.45, 7) is 3.91. The number of carbonyl (C=O) groups excluding carboxylic acids is 1. The molecule has 1 heterocycles. The lowest BCUT2D eigenvalue weighted by Gasteiger charge is -2.37. The summed E-state index contributed by atoms with van der Waals surface area (Å²) in [7, 11) is -0.965. The number of fused-ring (bicyclic) bond motifs is 1. The van der Waals surface area contributed by atoms with Crippen molar-refractivity contribution in [1.82, 2.24) is 14.5 Å². The largest absolute Gasteiger partial charge is 0.493 e. The predicted molar refractivity (Wildman–Crippen MR) is 207 cm³/mol.